The van der Waals surface area contributed by atoms with Gasteiger partial charge >= 0.3 is 0 Å². The molecular weight excluding hydrogens is 450 g/mol. The van der Waals surface area contributed by atoms with Crippen molar-refractivity contribution in [2.45, 2.75) is 27.0 Å². The van der Waals surface area contributed by atoms with Crippen molar-refractivity contribution in [1.82, 2.24) is 0 Å². The van der Waals surface area contributed by atoms with Crippen LogP contribution in [0.25, 0.3) is 21.9 Å². The van der Waals surface area contributed by atoms with Gasteiger partial charge in [0.1, 0.15) is 0 Å². The second-order valence-corrected chi connectivity index (χ2v) is 8.17. The molecule has 0 amide bonds. The van der Waals surface area contributed by atoms with Crippen molar-refractivity contribution in [2.75, 3.05) is 52.1 Å². The molecule has 35 heavy (non-hydrogen) atoms. The molecule has 0 fully saturated rings. The predicted octanol–water partition coefficient (Wildman–Crippen LogP) is 5.47. The van der Waals surface area contributed by atoms with Gasteiger partial charge in [0.05, 0.1) is 11.3 Å². The van der Waals surface area contributed by atoms with Gasteiger partial charge in [0.2, 0.25) is 6.79 Å². The molecule has 3 aromatic carbocycles. The molecule has 0 spiro atoms. The lowest BCUT2D eigenvalue weighted by atomic mass is 9.88. The van der Waals surface area contributed by atoms with Crippen molar-refractivity contribution in [3.8, 4) is 34.1 Å². The lowest BCUT2D eigenvalue weighted by molar-refractivity contribution is 0.00230. The van der Waals surface area contributed by atoms with E-state index in [9.17, 15) is 0 Å². The first-order valence-corrected chi connectivity index (χ1v) is 12.0. The Hall–Kier alpha value is -3.20. The quantitative estimate of drug-likeness (QED) is 0.279. The summed E-state index contributed by atoms with van der Waals surface area (Å²) < 4.78 is 40.6. The molecule has 2 aliphatic rings. The maximum atomic E-state index is 6.31. The number of hydrogen-bond acceptors (Lipinski definition) is 8. The summed E-state index contributed by atoms with van der Waals surface area (Å²) in [4.78, 5) is 2.14. The molecule has 8 nitrogen and oxygen atoms in total. The van der Waals surface area contributed by atoms with E-state index in [-0.39, 0.29) is 20.4 Å². The second-order valence-electron chi connectivity index (χ2n) is 8.17. The number of ether oxygens (including phenoxy) is 7. The molecule has 2 aliphatic heterocycles. The Morgan fingerprint density at radius 3 is 2.31 bits per heavy atom. The lowest BCUT2D eigenvalue weighted by Gasteiger charge is -2.39. The minimum Gasteiger partial charge on any atom is -0.464 e. The number of rotatable bonds is 10. The predicted molar refractivity (Wildman–Crippen MR) is 133 cm³/mol. The van der Waals surface area contributed by atoms with Crippen LogP contribution >= 0.6 is 0 Å². The highest BCUT2D eigenvalue weighted by molar-refractivity contribution is 6.05. The van der Waals surface area contributed by atoms with E-state index in [0.717, 1.165) is 44.6 Å². The van der Waals surface area contributed by atoms with E-state index in [1.54, 1.807) is 0 Å². The molecule has 0 aromatic heterocycles. The zero-order valence-corrected chi connectivity index (χ0v) is 20.6. The average Bonchev–Trinajstić information content (AvgIpc) is 3.33. The molecule has 186 valence electrons. The molecule has 0 saturated heterocycles. The summed E-state index contributed by atoms with van der Waals surface area (Å²) in [5.41, 5.74) is 4.05. The normalized spacial score (nSPS) is 15.8. The Bertz CT molecular complexity index is 1210. The fourth-order valence-corrected chi connectivity index (χ4v) is 4.65. The smallest absolute Gasteiger partial charge is 0.231 e. The Kier molecular flexibility index (Phi) is 6.86. The van der Waals surface area contributed by atoms with Gasteiger partial charge in [0.25, 0.3) is 0 Å². The van der Waals surface area contributed by atoms with Gasteiger partial charge in [-0.3, -0.25) is 0 Å². The summed E-state index contributed by atoms with van der Waals surface area (Å²) in [6, 6.07) is 12.3. The fraction of sp³-hybridized carbons (Fsp3) is 0.407. The fourth-order valence-electron chi connectivity index (χ4n) is 4.65. The third-order valence-corrected chi connectivity index (χ3v) is 6.20. The highest BCUT2D eigenvalue weighted by Gasteiger charge is 2.35. The van der Waals surface area contributed by atoms with Crippen LogP contribution in [0.3, 0.4) is 0 Å². The maximum Gasteiger partial charge on any atom is 0.231 e. The van der Waals surface area contributed by atoms with E-state index in [2.05, 4.69) is 23.1 Å². The first kappa shape index (κ1) is 23.5. The van der Waals surface area contributed by atoms with Gasteiger partial charge in [-0.2, -0.15) is 0 Å². The molecule has 2 heterocycles. The van der Waals surface area contributed by atoms with Crippen LogP contribution in [-0.2, 0) is 14.2 Å². The van der Waals surface area contributed by atoms with Gasteiger partial charge in [0.15, 0.2) is 42.8 Å². The summed E-state index contributed by atoms with van der Waals surface area (Å²) in [7, 11) is 2.03. The van der Waals surface area contributed by atoms with E-state index in [4.69, 9.17) is 33.2 Å². The van der Waals surface area contributed by atoms with Gasteiger partial charge in [-0.25, -0.2) is 0 Å². The Morgan fingerprint density at radius 1 is 0.857 bits per heavy atom. The Morgan fingerprint density at radius 2 is 1.57 bits per heavy atom. The number of anilines is 1. The monoisotopic (exact) mass is 481 g/mol. The molecular formula is C27H31NO7. The lowest BCUT2D eigenvalue weighted by Crippen LogP contribution is -2.31. The topological polar surface area (TPSA) is 67.9 Å². The van der Waals surface area contributed by atoms with Crippen LogP contribution in [0.2, 0.25) is 0 Å². The number of hydrogen-bond donors (Lipinski definition) is 0. The molecule has 0 bridgehead atoms. The van der Waals surface area contributed by atoms with Crippen molar-refractivity contribution in [3.05, 3.63) is 42.0 Å². The van der Waals surface area contributed by atoms with Crippen LogP contribution < -0.4 is 23.8 Å². The largest absolute Gasteiger partial charge is 0.464 e. The maximum absolute atomic E-state index is 6.31. The molecule has 3 aromatic rings. The third-order valence-electron chi connectivity index (χ3n) is 6.20. The first-order valence-electron chi connectivity index (χ1n) is 12.0. The average molecular weight is 482 g/mol. The number of nitrogens with zero attached hydrogens (tertiary/aromatic N) is 1. The highest BCUT2D eigenvalue weighted by Crippen LogP contribution is 2.53. The molecule has 1 atom stereocenters. The zero-order valence-electron chi connectivity index (χ0n) is 20.6. The molecule has 0 N–H and O–H groups in total. The summed E-state index contributed by atoms with van der Waals surface area (Å²) in [6.07, 6.45) is -0.397. The molecule has 5 rings (SSSR count). The highest BCUT2D eigenvalue weighted by atomic mass is 16.7. The number of fused-ring (bicyclic) bond motifs is 6. The zero-order chi connectivity index (χ0) is 24.4. The summed E-state index contributed by atoms with van der Waals surface area (Å²) >= 11 is 0. The Balaban J connectivity index is 1.70. The van der Waals surface area contributed by atoms with E-state index < -0.39 is 6.23 Å². The van der Waals surface area contributed by atoms with Gasteiger partial charge < -0.3 is 38.1 Å². The second kappa shape index (κ2) is 10.2. The van der Waals surface area contributed by atoms with Crippen LogP contribution in [-0.4, -0.2) is 47.2 Å². The molecule has 0 aliphatic carbocycles. The van der Waals surface area contributed by atoms with Crippen LogP contribution in [0.1, 0.15) is 32.6 Å². The van der Waals surface area contributed by atoms with Crippen molar-refractivity contribution in [2.24, 2.45) is 0 Å². The minimum atomic E-state index is -0.397. The van der Waals surface area contributed by atoms with E-state index in [0.29, 0.717) is 31.3 Å². The molecule has 0 saturated carbocycles. The van der Waals surface area contributed by atoms with Gasteiger partial charge in [-0.05, 0) is 56.0 Å². The van der Waals surface area contributed by atoms with Crippen molar-refractivity contribution >= 4 is 16.5 Å². The molecule has 1 unspecified atom stereocenters. The molecule has 0 radical (unpaired) electrons. The van der Waals surface area contributed by atoms with Gasteiger partial charge in [-0.15, -0.1) is 0 Å². The van der Waals surface area contributed by atoms with E-state index in [1.807, 2.05) is 46.0 Å². The van der Waals surface area contributed by atoms with E-state index in [1.165, 1.54) is 0 Å². The van der Waals surface area contributed by atoms with Crippen molar-refractivity contribution < 1.29 is 33.2 Å². The summed E-state index contributed by atoms with van der Waals surface area (Å²) in [6.45, 7) is 7.94. The van der Waals surface area contributed by atoms with E-state index >= 15 is 0 Å². The minimum absolute atomic E-state index is 0.106. The van der Waals surface area contributed by atoms with Crippen LogP contribution in [0.15, 0.2) is 36.4 Å². The standard InChI is InChI=1S/C27H31NO7/c1-5-29-14-32-21-11-10-18-19-9-8-17-12-22-23(34-16-33-22)13-20(17)25(19)28(4)27(31-7-3)24(18)26(21)35-15-30-6-2/h8-13,27H,5-7,14-16H2,1-4H3. The number of benzene rings is 3. The van der Waals surface area contributed by atoms with Crippen LogP contribution in [0.4, 0.5) is 5.69 Å². The van der Waals surface area contributed by atoms with Crippen molar-refractivity contribution in [3.63, 3.8) is 0 Å². The van der Waals surface area contributed by atoms with Gasteiger partial charge in [-0.1, -0.05) is 12.1 Å². The SMILES string of the molecule is CCOCOc1ccc2c(c1OCOCC)C(OCC)N(C)c1c-2ccc2cc3c(cc12)OCO3. The van der Waals surface area contributed by atoms with Crippen LogP contribution in [0.5, 0.6) is 23.0 Å². The van der Waals surface area contributed by atoms with Crippen LogP contribution in [0, 0.1) is 0 Å². The Labute approximate surface area is 205 Å². The first-order chi connectivity index (χ1) is 17.2. The third kappa shape index (κ3) is 4.22. The van der Waals surface area contributed by atoms with Crippen molar-refractivity contribution in [1.29, 1.82) is 0 Å². The summed E-state index contributed by atoms with van der Waals surface area (Å²) in [5.74, 6) is 2.69. The van der Waals surface area contributed by atoms with Gasteiger partial charge in [0, 0.05) is 37.8 Å². The summed E-state index contributed by atoms with van der Waals surface area (Å²) in [5, 5.41) is 2.14. The molecule has 8 heteroatoms.